The fourth-order valence-corrected chi connectivity index (χ4v) is 7.42. The van der Waals surface area contributed by atoms with Crippen LogP contribution in [0.25, 0.3) is 28.3 Å². The first-order chi connectivity index (χ1) is 19.9. The van der Waals surface area contributed by atoms with Crippen molar-refractivity contribution in [2.45, 2.75) is 79.6 Å². The molecule has 0 aromatic heterocycles. The minimum absolute atomic E-state index is 0.0329. The smallest absolute Gasteiger partial charge is 0.00330 e. The lowest BCUT2D eigenvalue weighted by molar-refractivity contribution is 0.583. The van der Waals surface area contributed by atoms with E-state index in [9.17, 15) is 0 Å². The van der Waals surface area contributed by atoms with Crippen molar-refractivity contribution in [2.24, 2.45) is 0 Å². The summed E-state index contributed by atoms with van der Waals surface area (Å²) in [4.78, 5) is 0. The maximum Gasteiger partial charge on any atom is -0.00330 e. The predicted molar refractivity (Wildman–Crippen MR) is 183 cm³/mol. The third-order valence-corrected chi connectivity index (χ3v) is 9.28. The normalized spacial score (nSPS) is 14.0. The molecule has 0 bridgehead atoms. The number of fused-ring (bicyclic) bond motifs is 3. The molecule has 0 N–H and O–H groups in total. The van der Waals surface area contributed by atoms with Gasteiger partial charge in [-0.15, -0.1) is 0 Å². The zero-order valence-corrected chi connectivity index (χ0v) is 26.9. The van der Waals surface area contributed by atoms with E-state index in [4.69, 9.17) is 0 Å². The summed E-state index contributed by atoms with van der Waals surface area (Å²) >= 11 is 0. The number of hydrogen-bond acceptors (Lipinski definition) is 0. The Morgan fingerprint density at radius 2 is 1.24 bits per heavy atom. The van der Waals surface area contributed by atoms with E-state index in [1.807, 2.05) is 0 Å². The number of hydrogen-bond donors (Lipinski definition) is 0. The Bertz CT molecular complexity index is 1850. The average Bonchev–Trinajstić information content (AvgIpc) is 3.61. The molecule has 4 aromatic carbocycles. The van der Waals surface area contributed by atoms with Crippen molar-refractivity contribution >= 4 is 17.2 Å². The highest BCUT2D eigenvalue weighted by atomic mass is 14.4. The molecule has 0 amide bonds. The molecular formula is C42H44. The van der Waals surface area contributed by atoms with Gasteiger partial charge in [0.05, 0.1) is 0 Å². The molecule has 212 valence electrons. The van der Waals surface area contributed by atoms with E-state index < -0.39 is 0 Å². The van der Waals surface area contributed by atoms with Crippen molar-refractivity contribution in [1.82, 2.24) is 0 Å². The number of rotatable bonds is 3. The zero-order chi connectivity index (χ0) is 30.0. The molecule has 0 fully saturated rings. The van der Waals surface area contributed by atoms with E-state index >= 15 is 0 Å². The first-order valence-corrected chi connectivity index (χ1v) is 15.4. The van der Waals surface area contributed by atoms with Gasteiger partial charge >= 0.3 is 0 Å². The first kappa shape index (κ1) is 28.2. The highest BCUT2D eigenvalue weighted by Gasteiger charge is 2.32. The molecule has 6 rings (SSSR count). The maximum absolute atomic E-state index is 2.51. The second-order valence-corrected chi connectivity index (χ2v) is 14.3. The van der Waals surface area contributed by atoms with Crippen LogP contribution in [0.4, 0.5) is 0 Å². The van der Waals surface area contributed by atoms with Gasteiger partial charge < -0.3 is 0 Å². The Kier molecular flexibility index (Phi) is 6.81. The fraction of sp³-hybridized carbons (Fsp3) is 0.286. The summed E-state index contributed by atoms with van der Waals surface area (Å²) < 4.78 is 0. The van der Waals surface area contributed by atoms with Crippen molar-refractivity contribution in [3.05, 3.63) is 145 Å². The summed E-state index contributed by atoms with van der Waals surface area (Å²) in [5.41, 5.74) is 18.1. The summed E-state index contributed by atoms with van der Waals surface area (Å²) in [5, 5.41) is 2.73. The number of benzene rings is 4. The molecule has 0 unspecified atom stereocenters. The van der Waals surface area contributed by atoms with Gasteiger partial charge in [0.1, 0.15) is 0 Å². The van der Waals surface area contributed by atoms with Crippen LogP contribution in [0.3, 0.4) is 0 Å². The first-order valence-electron chi connectivity index (χ1n) is 15.4. The molecule has 2 aliphatic carbocycles. The standard InChI is InChI=1S/C42H44/c1-26-27(2)40(42(7,8)9)39(31-22-16-17-23-31)33-24-32-25-34(41(4,5)6)37(28(3)35(32)36(26)33)38(29-18-12-10-13-19-29)30-20-14-11-15-21-30/h10-22,24-25H,23H2,1-9H3. The molecule has 2 aliphatic rings. The van der Waals surface area contributed by atoms with Crippen LogP contribution >= 0.6 is 0 Å². The number of allylic oxidation sites excluding steroid dienone is 4. The van der Waals surface area contributed by atoms with Crippen molar-refractivity contribution in [2.75, 3.05) is 0 Å². The van der Waals surface area contributed by atoms with E-state index in [0.717, 1.165) is 6.42 Å². The topological polar surface area (TPSA) is 0 Å². The van der Waals surface area contributed by atoms with Gasteiger partial charge in [-0.1, -0.05) is 120 Å². The van der Waals surface area contributed by atoms with E-state index in [2.05, 4.69) is 153 Å². The summed E-state index contributed by atoms with van der Waals surface area (Å²) in [6, 6.07) is 24.5. The van der Waals surface area contributed by atoms with Crippen molar-refractivity contribution in [1.29, 1.82) is 0 Å². The van der Waals surface area contributed by atoms with E-state index in [-0.39, 0.29) is 10.8 Å². The lowest BCUT2D eigenvalue weighted by Gasteiger charge is -2.30. The second kappa shape index (κ2) is 10.1. The van der Waals surface area contributed by atoms with E-state index in [0.29, 0.717) is 0 Å². The monoisotopic (exact) mass is 548 g/mol. The minimum atomic E-state index is -0.0329. The van der Waals surface area contributed by atoms with Gasteiger partial charge in [-0.25, -0.2) is 0 Å². The fourth-order valence-electron chi connectivity index (χ4n) is 7.42. The second-order valence-electron chi connectivity index (χ2n) is 14.3. The average molecular weight is 549 g/mol. The van der Waals surface area contributed by atoms with Crippen LogP contribution in [0.2, 0.25) is 0 Å². The van der Waals surface area contributed by atoms with Crippen LogP contribution in [0, 0.1) is 20.8 Å². The minimum Gasteiger partial charge on any atom is -0.0801 e. The third-order valence-electron chi connectivity index (χ3n) is 9.28. The molecule has 42 heavy (non-hydrogen) atoms. The molecule has 0 aliphatic heterocycles. The van der Waals surface area contributed by atoms with Gasteiger partial charge in [0.25, 0.3) is 0 Å². The zero-order valence-electron chi connectivity index (χ0n) is 26.9. The molecular weight excluding hydrogens is 504 g/mol. The van der Waals surface area contributed by atoms with Crippen molar-refractivity contribution in [3.63, 3.8) is 0 Å². The lowest BCUT2D eigenvalue weighted by Crippen LogP contribution is -2.31. The summed E-state index contributed by atoms with van der Waals surface area (Å²) in [5.74, 6) is 0. The SMILES string of the molecule is Cc1c(C)c(C(C)(C)C)c(C2=CC=CC2)c2c1-c1c(C)c(=C(c3ccccc3)c3ccccc3)c(C(C)(C)C)cc1=C2. The molecule has 0 saturated heterocycles. The molecule has 0 radical (unpaired) electrons. The molecule has 0 saturated carbocycles. The molecule has 0 atom stereocenters. The van der Waals surface area contributed by atoms with Crippen LogP contribution in [-0.4, -0.2) is 0 Å². The van der Waals surface area contributed by atoms with E-state index in [1.54, 1.807) is 0 Å². The molecule has 4 aromatic rings. The quantitative estimate of drug-likeness (QED) is 0.211. The molecule has 0 heterocycles. The van der Waals surface area contributed by atoms with Crippen LogP contribution in [-0.2, 0) is 10.8 Å². The molecule has 0 heteroatoms. The van der Waals surface area contributed by atoms with Gasteiger partial charge in [0, 0.05) is 0 Å². The van der Waals surface area contributed by atoms with Gasteiger partial charge in [-0.3, -0.25) is 0 Å². The Morgan fingerprint density at radius 1 is 0.643 bits per heavy atom. The van der Waals surface area contributed by atoms with Crippen molar-refractivity contribution < 1.29 is 0 Å². The van der Waals surface area contributed by atoms with Gasteiger partial charge in [0.15, 0.2) is 0 Å². The largest absolute Gasteiger partial charge is 0.0801 e. The van der Waals surface area contributed by atoms with Crippen LogP contribution < -0.4 is 10.4 Å². The summed E-state index contributed by atoms with van der Waals surface area (Å²) in [6.45, 7) is 21.3. The van der Waals surface area contributed by atoms with Gasteiger partial charge in [-0.05, 0) is 133 Å². The van der Waals surface area contributed by atoms with Crippen LogP contribution in [0.15, 0.2) is 85.0 Å². The Labute approximate surface area is 252 Å². The van der Waals surface area contributed by atoms with Crippen molar-refractivity contribution in [3.8, 4) is 11.1 Å². The third kappa shape index (κ3) is 4.53. The van der Waals surface area contributed by atoms with Gasteiger partial charge in [0.2, 0.25) is 0 Å². The highest BCUT2D eigenvalue weighted by molar-refractivity contribution is 5.96. The summed E-state index contributed by atoms with van der Waals surface area (Å²) in [6.07, 6.45) is 10.4. The summed E-state index contributed by atoms with van der Waals surface area (Å²) in [7, 11) is 0. The predicted octanol–water partition coefficient (Wildman–Crippen LogP) is 9.61. The van der Waals surface area contributed by atoms with Crippen LogP contribution in [0.1, 0.15) is 98.0 Å². The highest BCUT2D eigenvalue weighted by Crippen LogP contribution is 2.46. The van der Waals surface area contributed by atoms with Crippen LogP contribution in [0.5, 0.6) is 0 Å². The Hall–Kier alpha value is -3.90. The lowest BCUT2D eigenvalue weighted by atomic mass is 9.73. The van der Waals surface area contributed by atoms with Gasteiger partial charge in [-0.2, -0.15) is 0 Å². The molecule has 0 nitrogen and oxygen atoms in total. The maximum atomic E-state index is 2.51. The van der Waals surface area contributed by atoms with E-state index in [1.165, 1.54) is 82.8 Å². The molecule has 0 spiro atoms. The Morgan fingerprint density at radius 3 is 1.74 bits per heavy atom. The Balaban J connectivity index is 1.83.